The number of rotatable bonds is 2. The highest BCUT2D eigenvalue weighted by Crippen LogP contribution is 2.24. The molecule has 86 valence electrons. The highest BCUT2D eigenvalue weighted by atomic mass is 32.2. The van der Waals surface area contributed by atoms with Crippen LogP contribution in [0.3, 0.4) is 0 Å². The van der Waals surface area contributed by atoms with Gasteiger partial charge >= 0.3 is 0 Å². The van der Waals surface area contributed by atoms with Gasteiger partial charge in [-0.05, 0) is 24.6 Å². The molecule has 1 rings (SSSR count). The Balaban J connectivity index is 0.000000921. The zero-order chi connectivity index (χ0) is 12.1. The van der Waals surface area contributed by atoms with Crippen LogP contribution in [0.4, 0.5) is 0 Å². The molecular weight excluding hydrogens is 212 g/mol. The molecule has 0 fully saturated rings. The van der Waals surface area contributed by atoms with Crippen molar-refractivity contribution >= 4 is 9.84 Å². The summed E-state index contributed by atoms with van der Waals surface area (Å²) in [4.78, 5) is 0.237. The number of aryl methyl sites for hydroxylation is 1. The van der Waals surface area contributed by atoms with Crippen LogP contribution in [0.2, 0.25) is 0 Å². The molecule has 15 heavy (non-hydrogen) atoms. The summed E-state index contributed by atoms with van der Waals surface area (Å²) in [6, 6.07) is 5.01. The third-order valence-electron chi connectivity index (χ3n) is 1.72. The summed E-state index contributed by atoms with van der Waals surface area (Å²) in [6.07, 6.45) is 1.17. The van der Waals surface area contributed by atoms with Gasteiger partial charge in [-0.25, -0.2) is 8.42 Å². The Morgan fingerprint density at radius 1 is 1.20 bits per heavy atom. The molecule has 3 nitrogen and oxygen atoms in total. The van der Waals surface area contributed by atoms with Crippen LogP contribution in [-0.4, -0.2) is 21.8 Å². The number of sulfone groups is 1. The lowest BCUT2D eigenvalue weighted by Crippen LogP contribution is -2.00. The highest BCUT2D eigenvalue weighted by molar-refractivity contribution is 7.90. The third-order valence-corrected chi connectivity index (χ3v) is 2.85. The van der Waals surface area contributed by atoms with Crippen molar-refractivity contribution in [1.82, 2.24) is 0 Å². The van der Waals surface area contributed by atoms with Crippen LogP contribution in [0, 0.1) is 6.92 Å². The molecule has 0 aromatic heterocycles. The van der Waals surface area contributed by atoms with E-state index in [0.29, 0.717) is 5.75 Å². The smallest absolute Gasteiger partial charge is 0.179 e. The summed E-state index contributed by atoms with van der Waals surface area (Å²) in [5.74, 6) is 0.405. The Morgan fingerprint density at radius 3 is 2.13 bits per heavy atom. The molecule has 0 saturated heterocycles. The first-order chi connectivity index (χ1) is 6.95. The van der Waals surface area contributed by atoms with Gasteiger partial charge in [0, 0.05) is 6.26 Å². The van der Waals surface area contributed by atoms with Gasteiger partial charge in [0.05, 0.1) is 7.11 Å². The van der Waals surface area contributed by atoms with Crippen molar-refractivity contribution in [3.8, 4) is 5.75 Å². The molecule has 1 aromatic carbocycles. The summed E-state index contributed by atoms with van der Waals surface area (Å²) in [7, 11) is -1.73. The van der Waals surface area contributed by atoms with Gasteiger partial charge in [0.15, 0.2) is 9.84 Å². The highest BCUT2D eigenvalue weighted by Gasteiger charge is 2.13. The second-order valence-corrected chi connectivity index (χ2v) is 4.91. The summed E-state index contributed by atoms with van der Waals surface area (Å²) >= 11 is 0. The normalized spacial score (nSPS) is 10.2. The lowest BCUT2D eigenvalue weighted by atomic mass is 10.2. The molecule has 0 radical (unpaired) electrons. The molecule has 0 aliphatic carbocycles. The van der Waals surface area contributed by atoms with E-state index >= 15 is 0 Å². The fourth-order valence-electron chi connectivity index (χ4n) is 1.08. The molecule has 0 unspecified atom stereocenters. The lowest BCUT2D eigenvalue weighted by molar-refractivity contribution is 0.402. The van der Waals surface area contributed by atoms with Crippen molar-refractivity contribution in [3.63, 3.8) is 0 Å². The van der Waals surface area contributed by atoms with E-state index in [1.54, 1.807) is 18.2 Å². The predicted molar refractivity (Wildman–Crippen MR) is 62.2 cm³/mol. The van der Waals surface area contributed by atoms with Gasteiger partial charge in [-0.1, -0.05) is 19.9 Å². The number of hydrogen-bond donors (Lipinski definition) is 0. The minimum Gasteiger partial charge on any atom is -0.495 e. The van der Waals surface area contributed by atoms with Crippen LogP contribution in [0.1, 0.15) is 19.4 Å². The fourth-order valence-corrected chi connectivity index (χ4v) is 1.90. The zero-order valence-corrected chi connectivity index (χ0v) is 10.7. The van der Waals surface area contributed by atoms with Crippen molar-refractivity contribution in [2.45, 2.75) is 25.7 Å². The van der Waals surface area contributed by atoms with E-state index in [0.717, 1.165) is 5.56 Å². The first-order valence-electron chi connectivity index (χ1n) is 4.80. The van der Waals surface area contributed by atoms with Crippen molar-refractivity contribution in [1.29, 1.82) is 0 Å². The van der Waals surface area contributed by atoms with Crippen molar-refractivity contribution in [2.24, 2.45) is 0 Å². The molecule has 1 aromatic rings. The van der Waals surface area contributed by atoms with E-state index in [-0.39, 0.29) is 4.90 Å². The van der Waals surface area contributed by atoms with Crippen LogP contribution in [0.15, 0.2) is 23.1 Å². The Bertz CT molecular complexity index is 408. The van der Waals surface area contributed by atoms with Gasteiger partial charge in [0.25, 0.3) is 0 Å². The molecule has 0 saturated carbocycles. The average molecular weight is 230 g/mol. The van der Waals surface area contributed by atoms with Gasteiger partial charge in [-0.3, -0.25) is 0 Å². The second-order valence-electron chi connectivity index (χ2n) is 2.93. The summed E-state index contributed by atoms with van der Waals surface area (Å²) < 4.78 is 27.5. The van der Waals surface area contributed by atoms with Crippen LogP contribution >= 0.6 is 0 Å². The maximum Gasteiger partial charge on any atom is 0.179 e. The van der Waals surface area contributed by atoms with Gasteiger partial charge in [0.2, 0.25) is 0 Å². The Hall–Kier alpha value is -1.03. The SMILES string of the molecule is CC.COc1cc(C)ccc1S(C)(=O)=O. The maximum absolute atomic E-state index is 11.2. The van der Waals surface area contributed by atoms with Gasteiger partial charge in [0.1, 0.15) is 10.6 Å². The minimum atomic E-state index is -3.19. The van der Waals surface area contributed by atoms with Crippen LogP contribution in [0.5, 0.6) is 5.75 Å². The molecule has 0 aliphatic heterocycles. The minimum absolute atomic E-state index is 0.237. The molecule has 0 spiro atoms. The first kappa shape index (κ1) is 14.0. The maximum atomic E-state index is 11.2. The molecule has 0 atom stereocenters. The molecular formula is C11H18O3S. The van der Waals surface area contributed by atoms with Crippen molar-refractivity contribution in [3.05, 3.63) is 23.8 Å². The van der Waals surface area contributed by atoms with E-state index in [4.69, 9.17) is 4.74 Å². The van der Waals surface area contributed by atoms with Crippen LogP contribution < -0.4 is 4.74 Å². The number of ether oxygens (including phenoxy) is 1. The summed E-state index contributed by atoms with van der Waals surface area (Å²) in [5, 5.41) is 0. The first-order valence-corrected chi connectivity index (χ1v) is 6.69. The van der Waals surface area contributed by atoms with E-state index in [1.165, 1.54) is 13.4 Å². The molecule has 0 N–H and O–H groups in total. The van der Waals surface area contributed by atoms with E-state index < -0.39 is 9.84 Å². The quantitative estimate of drug-likeness (QED) is 0.783. The number of benzene rings is 1. The van der Waals surface area contributed by atoms with E-state index in [1.807, 2.05) is 20.8 Å². The van der Waals surface area contributed by atoms with Crippen LogP contribution in [0.25, 0.3) is 0 Å². The molecule has 0 aliphatic rings. The predicted octanol–water partition coefficient (Wildman–Crippen LogP) is 2.43. The Kier molecular flexibility index (Phi) is 5.36. The third kappa shape index (κ3) is 3.91. The zero-order valence-electron chi connectivity index (χ0n) is 9.87. The van der Waals surface area contributed by atoms with Crippen molar-refractivity contribution < 1.29 is 13.2 Å². The molecule has 0 heterocycles. The molecule has 0 amide bonds. The average Bonchev–Trinajstić information content (AvgIpc) is 2.18. The topological polar surface area (TPSA) is 43.4 Å². The van der Waals surface area contributed by atoms with Crippen molar-refractivity contribution in [2.75, 3.05) is 13.4 Å². The largest absolute Gasteiger partial charge is 0.495 e. The summed E-state index contributed by atoms with van der Waals surface area (Å²) in [5.41, 5.74) is 0.976. The van der Waals surface area contributed by atoms with Gasteiger partial charge in [-0.2, -0.15) is 0 Å². The monoisotopic (exact) mass is 230 g/mol. The van der Waals surface area contributed by atoms with E-state index in [9.17, 15) is 8.42 Å². The second kappa shape index (κ2) is 5.75. The standard InChI is InChI=1S/C9H12O3S.C2H6/c1-7-4-5-9(13(3,10)11)8(6-7)12-2;1-2/h4-6H,1-3H3;1-2H3. The Labute approximate surface area is 92.0 Å². The van der Waals surface area contributed by atoms with Gasteiger partial charge < -0.3 is 4.74 Å². The Morgan fingerprint density at radius 2 is 1.73 bits per heavy atom. The molecule has 0 bridgehead atoms. The van der Waals surface area contributed by atoms with E-state index in [2.05, 4.69) is 0 Å². The lowest BCUT2D eigenvalue weighted by Gasteiger charge is -2.06. The summed E-state index contributed by atoms with van der Waals surface area (Å²) in [6.45, 7) is 5.88. The fraction of sp³-hybridized carbons (Fsp3) is 0.455. The number of hydrogen-bond acceptors (Lipinski definition) is 3. The van der Waals surface area contributed by atoms with Crippen LogP contribution in [-0.2, 0) is 9.84 Å². The van der Waals surface area contributed by atoms with Gasteiger partial charge in [-0.15, -0.1) is 0 Å². The molecule has 4 heteroatoms. The number of methoxy groups -OCH3 is 1.